The Balaban J connectivity index is 1.26. The van der Waals surface area contributed by atoms with Gasteiger partial charge in [-0.15, -0.1) is 0 Å². The van der Waals surface area contributed by atoms with Crippen molar-refractivity contribution in [2.24, 2.45) is 11.7 Å². The predicted octanol–water partition coefficient (Wildman–Crippen LogP) is 3.04. The third kappa shape index (κ3) is 5.32. The fraction of sp³-hybridized carbons (Fsp3) is 0.500. The fourth-order valence-electron chi connectivity index (χ4n) is 5.68. The quantitative estimate of drug-likeness (QED) is 0.375. The third-order valence-corrected chi connectivity index (χ3v) is 7.70. The van der Waals surface area contributed by atoms with Crippen LogP contribution >= 0.6 is 0 Å². The van der Waals surface area contributed by atoms with Gasteiger partial charge in [-0.25, -0.2) is 4.98 Å². The van der Waals surface area contributed by atoms with E-state index in [9.17, 15) is 14.4 Å². The van der Waals surface area contributed by atoms with E-state index in [0.29, 0.717) is 23.3 Å². The van der Waals surface area contributed by atoms with E-state index in [2.05, 4.69) is 15.2 Å². The van der Waals surface area contributed by atoms with Gasteiger partial charge in [0.05, 0.1) is 12.2 Å². The monoisotopic (exact) mass is 506 g/mol. The molecule has 2 bridgehead atoms. The average Bonchev–Trinajstić information content (AvgIpc) is 3.69. The summed E-state index contributed by atoms with van der Waals surface area (Å²) in [5, 5.41) is 3.21. The smallest absolute Gasteiger partial charge is 0.252 e. The van der Waals surface area contributed by atoms with Crippen molar-refractivity contribution < 1.29 is 23.9 Å². The van der Waals surface area contributed by atoms with Crippen LogP contribution in [0.5, 0.6) is 5.75 Å². The molecule has 1 aromatic carbocycles. The van der Waals surface area contributed by atoms with Crippen LogP contribution in [0.2, 0.25) is 0 Å². The third-order valence-electron chi connectivity index (χ3n) is 7.70. The Hall–Kier alpha value is -3.46. The van der Waals surface area contributed by atoms with Gasteiger partial charge in [0.1, 0.15) is 18.2 Å². The second kappa shape index (κ2) is 10.5. The number of carbonyl (C=O) groups is 3. The van der Waals surface area contributed by atoms with Crippen LogP contribution in [-0.2, 0) is 4.74 Å². The van der Waals surface area contributed by atoms with Crippen molar-refractivity contribution in [1.29, 1.82) is 0 Å². The molecular formula is C28H34N4O5. The number of rotatable bonds is 10. The number of methoxy groups -OCH3 is 1. The van der Waals surface area contributed by atoms with Gasteiger partial charge in [0.15, 0.2) is 5.78 Å². The number of Topliss-reactive ketones (excluding diaryl/α,β-unsaturated/α-hetero) is 1. The summed E-state index contributed by atoms with van der Waals surface area (Å²) in [6.07, 6.45) is 7.43. The molecule has 5 rings (SSSR count). The minimum Gasteiger partial charge on any atom is -0.490 e. The highest BCUT2D eigenvalue weighted by molar-refractivity contribution is 6.01. The lowest BCUT2D eigenvalue weighted by Gasteiger charge is -2.40. The second-order valence-corrected chi connectivity index (χ2v) is 10.3. The Morgan fingerprint density at radius 2 is 1.78 bits per heavy atom. The standard InChI is InChI=1S/C28H34N4O5/c1-16-11-23(27(29)34)24(37-10-9-36-2)14-22(16)28(35)31-19-12-20-6-7-21(13-19)32(20)25-8-5-18(15-30-25)26(33)17-3-4-17/h5,8,11,14-15,17,19-21H,3-4,6-7,9-10,12-13H2,1-2H3,(H2,29,34)(H,31,35)/t19-,20+,21-. The van der Waals surface area contributed by atoms with Gasteiger partial charge in [-0.2, -0.15) is 0 Å². The molecule has 3 heterocycles. The Labute approximate surface area is 216 Å². The average molecular weight is 507 g/mol. The van der Waals surface area contributed by atoms with Crippen molar-refractivity contribution in [2.45, 2.75) is 63.6 Å². The molecule has 0 spiro atoms. The summed E-state index contributed by atoms with van der Waals surface area (Å²) in [4.78, 5) is 44.5. The number of primary amides is 1. The Kier molecular flexibility index (Phi) is 7.15. The van der Waals surface area contributed by atoms with Crippen LogP contribution in [0.15, 0.2) is 30.5 Å². The first-order chi connectivity index (χ1) is 17.9. The number of aromatic nitrogens is 1. The first-order valence-corrected chi connectivity index (χ1v) is 13.0. The molecule has 2 amide bonds. The van der Waals surface area contributed by atoms with Gasteiger partial charge in [0, 0.05) is 48.5 Å². The molecule has 37 heavy (non-hydrogen) atoms. The summed E-state index contributed by atoms with van der Waals surface area (Å²) < 4.78 is 10.7. The van der Waals surface area contributed by atoms with E-state index < -0.39 is 5.91 Å². The number of amides is 2. The molecule has 1 aromatic heterocycles. The van der Waals surface area contributed by atoms with Crippen LogP contribution in [-0.4, -0.2) is 61.0 Å². The normalized spacial score (nSPS) is 22.5. The number of benzene rings is 1. The van der Waals surface area contributed by atoms with Crippen LogP contribution in [0.4, 0.5) is 5.82 Å². The van der Waals surface area contributed by atoms with Crippen molar-refractivity contribution in [3.8, 4) is 5.75 Å². The number of aryl methyl sites for hydroxylation is 1. The minimum atomic E-state index is -0.607. The van der Waals surface area contributed by atoms with E-state index in [1.54, 1.807) is 32.4 Å². The second-order valence-electron chi connectivity index (χ2n) is 10.3. The molecule has 9 heteroatoms. The summed E-state index contributed by atoms with van der Waals surface area (Å²) in [5.74, 6) is 0.779. The van der Waals surface area contributed by atoms with Crippen molar-refractivity contribution in [3.63, 3.8) is 0 Å². The zero-order valence-electron chi connectivity index (χ0n) is 21.4. The summed E-state index contributed by atoms with van der Waals surface area (Å²) in [6, 6.07) is 7.68. The minimum absolute atomic E-state index is 0.0324. The molecule has 3 N–H and O–H groups in total. The van der Waals surface area contributed by atoms with E-state index in [0.717, 1.165) is 44.3 Å². The van der Waals surface area contributed by atoms with Crippen LogP contribution in [0.25, 0.3) is 0 Å². The number of ketones is 1. The first kappa shape index (κ1) is 25.2. The summed E-state index contributed by atoms with van der Waals surface area (Å²) in [7, 11) is 1.56. The van der Waals surface area contributed by atoms with E-state index in [4.69, 9.17) is 15.2 Å². The Morgan fingerprint density at radius 3 is 2.38 bits per heavy atom. The molecule has 2 saturated heterocycles. The lowest BCUT2D eigenvalue weighted by Crippen LogP contribution is -2.50. The van der Waals surface area contributed by atoms with Gasteiger partial charge < -0.3 is 25.4 Å². The first-order valence-electron chi connectivity index (χ1n) is 13.0. The van der Waals surface area contributed by atoms with Gasteiger partial charge in [-0.05, 0) is 75.3 Å². The van der Waals surface area contributed by atoms with Crippen molar-refractivity contribution in [1.82, 2.24) is 10.3 Å². The molecular weight excluding hydrogens is 472 g/mol. The van der Waals surface area contributed by atoms with E-state index >= 15 is 0 Å². The molecule has 0 unspecified atom stereocenters. The molecule has 9 nitrogen and oxygen atoms in total. The Morgan fingerprint density at radius 1 is 1.05 bits per heavy atom. The molecule has 1 saturated carbocycles. The Bertz CT molecular complexity index is 1180. The highest BCUT2D eigenvalue weighted by Gasteiger charge is 2.42. The molecule has 2 aromatic rings. The number of hydrogen-bond donors (Lipinski definition) is 2. The van der Waals surface area contributed by atoms with Gasteiger partial charge in [-0.1, -0.05) is 0 Å². The molecule has 3 aliphatic rings. The topological polar surface area (TPSA) is 124 Å². The van der Waals surface area contributed by atoms with Gasteiger partial charge in [0.2, 0.25) is 0 Å². The van der Waals surface area contributed by atoms with Gasteiger partial charge >= 0.3 is 0 Å². The number of nitrogens with zero attached hydrogens (tertiary/aromatic N) is 2. The maximum Gasteiger partial charge on any atom is 0.252 e. The number of nitrogens with two attached hydrogens (primary N) is 1. The lowest BCUT2D eigenvalue weighted by molar-refractivity contribution is 0.0921. The van der Waals surface area contributed by atoms with Gasteiger partial charge in [-0.3, -0.25) is 14.4 Å². The number of anilines is 1. The summed E-state index contributed by atoms with van der Waals surface area (Å²) in [6.45, 7) is 2.38. The van der Waals surface area contributed by atoms with Crippen molar-refractivity contribution >= 4 is 23.4 Å². The fourth-order valence-corrected chi connectivity index (χ4v) is 5.68. The number of ether oxygens (including phenoxy) is 2. The molecule has 1 aliphatic carbocycles. The number of fused-ring (bicyclic) bond motifs is 2. The summed E-state index contributed by atoms with van der Waals surface area (Å²) >= 11 is 0. The largest absolute Gasteiger partial charge is 0.490 e. The number of hydrogen-bond acceptors (Lipinski definition) is 7. The van der Waals surface area contributed by atoms with E-state index in [1.807, 2.05) is 12.1 Å². The molecule has 3 atom stereocenters. The van der Waals surface area contributed by atoms with Crippen molar-refractivity contribution in [3.05, 3.63) is 52.7 Å². The highest BCUT2D eigenvalue weighted by Crippen LogP contribution is 2.39. The zero-order valence-corrected chi connectivity index (χ0v) is 21.4. The number of pyridine rings is 1. The summed E-state index contributed by atoms with van der Waals surface area (Å²) in [5.41, 5.74) is 7.59. The van der Waals surface area contributed by atoms with E-state index in [-0.39, 0.29) is 53.7 Å². The maximum atomic E-state index is 13.3. The molecule has 3 fully saturated rings. The zero-order chi connectivity index (χ0) is 26.1. The van der Waals surface area contributed by atoms with E-state index in [1.165, 1.54) is 0 Å². The number of nitrogens with one attached hydrogen (secondary N) is 1. The molecule has 0 radical (unpaired) electrons. The molecule has 2 aliphatic heterocycles. The van der Waals surface area contributed by atoms with Crippen molar-refractivity contribution in [2.75, 3.05) is 25.2 Å². The predicted molar refractivity (Wildman–Crippen MR) is 138 cm³/mol. The lowest BCUT2D eigenvalue weighted by atomic mass is 9.96. The van der Waals surface area contributed by atoms with Crippen LogP contribution in [0.1, 0.15) is 75.2 Å². The highest BCUT2D eigenvalue weighted by atomic mass is 16.5. The van der Waals surface area contributed by atoms with Crippen LogP contribution in [0.3, 0.4) is 0 Å². The van der Waals surface area contributed by atoms with Crippen LogP contribution in [0, 0.1) is 12.8 Å². The number of piperidine rings is 1. The van der Waals surface area contributed by atoms with Crippen LogP contribution < -0.4 is 20.7 Å². The SMILES string of the molecule is COCCOc1cc(C(=O)N[C@H]2C[C@H]3CC[C@@H](C2)N3c2ccc(C(=O)C3CC3)cn2)c(C)cc1C(N)=O. The maximum absolute atomic E-state index is 13.3. The number of carbonyl (C=O) groups excluding carboxylic acids is 3. The molecule has 196 valence electrons. The van der Waals surface area contributed by atoms with Gasteiger partial charge in [0.25, 0.3) is 11.8 Å².